The molecule has 0 atom stereocenters. The van der Waals surface area contributed by atoms with E-state index in [9.17, 15) is 9.59 Å². The van der Waals surface area contributed by atoms with Gasteiger partial charge in [0, 0.05) is 12.3 Å². The van der Waals surface area contributed by atoms with E-state index in [-0.39, 0.29) is 5.78 Å². The maximum Gasteiger partial charge on any atom is 0.188 e. The third-order valence-corrected chi connectivity index (χ3v) is 1.91. The lowest BCUT2D eigenvalue weighted by Gasteiger charge is -1.79. The Hall–Kier alpha value is -1.03. The van der Waals surface area contributed by atoms with Crippen LogP contribution in [0.2, 0.25) is 0 Å². The summed E-state index contributed by atoms with van der Waals surface area (Å²) in [5.41, 5.74) is 0.329. The Morgan fingerprint density at radius 3 is 2.80 bits per heavy atom. The molecule has 0 bridgehead atoms. The van der Waals surface area contributed by atoms with Crippen LogP contribution in [-0.2, 0) is 0 Å². The molecule has 1 heterocycles. The van der Waals surface area contributed by atoms with Crippen LogP contribution >= 0.6 is 11.3 Å². The van der Waals surface area contributed by atoms with Gasteiger partial charge in [0.2, 0.25) is 0 Å². The lowest BCUT2D eigenvalue weighted by Crippen LogP contribution is -1.90. The van der Waals surface area contributed by atoms with Crippen LogP contribution in [0.4, 0.5) is 0 Å². The van der Waals surface area contributed by atoms with Gasteiger partial charge in [0.1, 0.15) is 5.69 Å². The molecule has 0 aliphatic heterocycles. The minimum absolute atomic E-state index is 0.0990. The van der Waals surface area contributed by atoms with E-state index in [2.05, 4.69) is 4.98 Å². The molecule has 0 fully saturated rings. The van der Waals surface area contributed by atoms with Crippen LogP contribution in [0.1, 0.15) is 27.2 Å². The molecule has 0 amide bonds. The van der Waals surface area contributed by atoms with E-state index in [1.165, 1.54) is 18.3 Å². The number of hydrogen-bond donors (Lipinski definition) is 0. The van der Waals surface area contributed by atoms with Gasteiger partial charge in [-0.25, -0.2) is 4.98 Å². The standard InChI is InChI=1S/C6H5NO2S/c1-4(9)6-7-5(2-8)3-10-6/h2-3H,1H3. The zero-order valence-corrected chi connectivity index (χ0v) is 6.14. The fraction of sp³-hybridized carbons (Fsp3) is 0.167. The molecule has 0 aliphatic carbocycles. The fourth-order valence-corrected chi connectivity index (χ4v) is 1.17. The molecule has 0 radical (unpaired) electrons. The van der Waals surface area contributed by atoms with Gasteiger partial charge in [-0.1, -0.05) is 0 Å². The van der Waals surface area contributed by atoms with E-state index in [0.29, 0.717) is 17.0 Å². The number of Topliss-reactive ketones (excluding diaryl/α,β-unsaturated/α-hetero) is 1. The Balaban J connectivity index is 2.98. The summed E-state index contributed by atoms with van der Waals surface area (Å²) in [7, 11) is 0. The van der Waals surface area contributed by atoms with Gasteiger partial charge in [0.15, 0.2) is 17.1 Å². The molecule has 1 rings (SSSR count). The number of hydrogen-bond acceptors (Lipinski definition) is 4. The molecule has 4 heteroatoms. The minimum atomic E-state index is -0.0990. The average molecular weight is 155 g/mol. The summed E-state index contributed by atoms with van der Waals surface area (Å²) in [6.07, 6.45) is 0.628. The second-order valence-electron chi connectivity index (χ2n) is 1.75. The first-order valence-electron chi connectivity index (χ1n) is 2.65. The predicted octanol–water partition coefficient (Wildman–Crippen LogP) is 1.16. The van der Waals surface area contributed by atoms with Crippen LogP contribution in [0.25, 0.3) is 0 Å². The van der Waals surface area contributed by atoms with Crippen LogP contribution in [0, 0.1) is 0 Å². The van der Waals surface area contributed by atoms with Crippen LogP contribution in [0.5, 0.6) is 0 Å². The number of thiazole rings is 1. The van der Waals surface area contributed by atoms with Crippen molar-refractivity contribution in [2.45, 2.75) is 6.92 Å². The SMILES string of the molecule is CC(=O)c1nc(C=O)cs1. The van der Waals surface area contributed by atoms with E-state index in [4.69, 9.17) is 0 Å². The van der Waals surface area contributed by atoms with Gasteiger partial charge in [-0.3, -0.25) is 9.59 Å². The van der Waals surface area contributed by atoms with Gasteiger partial charge in [-0.05, 0) is 0 Å². The van der Waals surface area contributed by atoms with E-state index in [1.54, 1.807) is 5.38 Å². The van der Waals surface area contributed by atoms with Crippen molar-refractivity contribution in [1.82, 2.24) is 4.98 Å². The summed E-state index contributed by atoms with van der Waals surface area (Å²) in [5, 5.41) is 1.95. The van der Waals surface area contributed by atoms with Gasteiger partial charge >= 0.3 is 0 Å². The number of ketones is 1. The van der Waals surface area contributed by atoms with E-state index < -0.39 is 0 Å². The Morgan fingerprint density at radius 1 is 1.80 bits per heavy atom. The van der Waals surface area contributed by atoms with Gasteiger partial charge in [-0.15, -0.1) is 11.3 Å². The van der Waals surface area contributed by atoms with E-state index in [0.717, 1.165) is 0 Å². The number of carbonyl (C=O) groups is 2. The fourth-order valence-electron chi connectivity index (χ4n) is 0.502. The van der Waals surface area contributed by atoms with Crippen LogP contribution in [-0.4, -0.2) is 17.1 Å². The van der Waals surface area contributed by atoms with Crippen LogP contribution in [0.3, 0.4) is 0 Å². The van der Waals surface area contributed by atoms with Crippen molar-refractivity contribution in [2.75, 3.05) is 0 Å². The number of rotatable bonds is 2. The maximum absolute atomic E-state index is 10.6. The van der Waals surface area contributed by atoms with Crippen molar-refractivity contribution in [3.05, 3.63) is 16.1 Å². The van der Waals surface area contributed by atoms with Crippen molar-refractivity contribution < 1.29 is 9.59 Å². The topological polar surface area (TPSA) is 47.0 Å². The quantitative estimate of drug-likeness (QED) is 0.475. The summed E-state index contributed by atoms with van der Waals surface area (Å²) in [6.45, 7) is 1.42. The van der Waals surface area contributed by atoms with Gasteiger partial charge in [-0.2, -0.15) is 0 Å². The summed E-state index contributed by atoms with van der Waals surface area (Å²) >= 11 is 1.19. The summed E-state index contributed by atoms with van der Waals surface area (Å²) in [4.78, 5) is 24.4. The highest BCUT2D eigenvalue weighted by atomic mass is 32.1. The molecule has 52 valence electrons. The minimum Gasteiger partial charge on any atom is -0.296 e. The molecular weight excluding hydrogens is 150 g/mol. The normalized spacial score (nSPS) is 9.30. The molecule has 0 aliphatic rings. The summed E-state index contributed by atoms with van der Waals surface area (Å²) in [6, 6.07) is 0. The molecule has 1 aromatic heterocycles. The van der Waals surface area contributed by atoms with Crippen molar-refractivity contribution in [3.63, 3.8) is 0 Å². The molecule has 0 spiro atoms. The van der Waals surface area contributed by atoms with Crippen molar-refractivity contribution in [2.24, 2.45) is 0 Å². The number of aromatic nitrogens is 1. The lowest BCUT2D eigenvalue weighted by molar-refractivity contribution is 0.101. The summed E-state index contributed by atoms with van der Waals surface area (Å²) < 4.78 is 0. The first-order chi connectivity index (χ1) is 4.74. The highest BCUT2D eigenvalue weighted by Crippen LogP contribution is 2.07. The zero-order chi connectivity index (χ0) is 7.56. The van der Waals surface area contributed by atoms with Crippen LogP contribution < -0.4 is 0 Å². The Bertz CT molecular complexity index is 266. The highest BCUT2D eigenvalue weighted by Gasteiger charge is 2.03. The number of nitrogens with zero attached hydrogens (tertiary/aromatic N) is 1. The van der Waals surface area contributed by atoms with E-state index in [1.807, 2.05) is 0 Å². The lowest BCUT2D eigenvalue weighted by atomic mass is 10.5. The van der Waals surface area contributed by atoms with Crippen molar-refractivity contribution >= 4 is 23.4 Å². The molecule has 0 aromatic carbocycles. The van der Waals surface area contributed by atoms with Crippen molar-refractivity contribution in [3.8, 4) is 0 Å². The second kappa shape index (κ2) is 2.70. The predicted molar refractivity (Wildman–Crippen MR) is 37.5 cm³/mol. The molecule has 0 saturated heterocycles. The van der Waals surface area contributed by atoms with Crippen molar-refractivity contribution in [1.29, 1.82) is 0 Å². The second-order valence-corrected chi connectivity index (χ2v) is 2.61. The van der Waals surface area contributed by atoms with Gasteiger partial charge in [0.05, 0.1) is 0 Å². The zero-order valence-electron chi connectivity index (χ0n) is 5.33. The summed E-state index contributed by atoms with van der Waals surface area (Å²) in [5.74, 6) is -0.0990. The first-order valence-corrected chi connectivity index (χ1v) is 3.53. The number of aldehydes is 1. The van der Waals surface area contributed by atoms with E-state index >= 15 is 0 Å². The van der Waals surface area contributed by atoms with Gasteiger partial charge in [0.25, 0.3) is 0 Å². The van der Waals surface area contributed by atoms with Gasteiger partial charge < -0.3 is 0 Å². The Morgan fingerprint density at radius 2 is 2.50 bits per heavy atom. The number of carbonyl (C=O) groups excluding carboxylic acids is 2. The Labute approximate surface area is 61.7 Å². The average Bonchev–Trinajstić information content (AvgIpc) is 2.34. The largest absolute Gasteiger partial charge is 0.296 e. The molecule has 10 heavy (non-hydrogen) atoms. The molecule has 1 aromatic rings. The molecular formula is C6H5NO2S. The third-order valence-electron chi connectivity index (χ3n) is 0.944. The first kappa shape index (κ1) is 7.08. The third kappa shape index (κ3) is 1.27. The Kier molecular flexibility index (Phi) is 1.91. The monoisotopic (exact) mass is 155 g/mol. The van der Waals surface area contributed by atoms with Crippen LogP contribution in [0.15, 0.2) is 5.38 Å². The molecule has 0 saturated carbocycles. The molecule has 3 nitrogen and oxygen atoms in total. The molecule has 0 N–H and O–H groups in total. The smallest absolute Gasteiger partial charge is 0.188 e. The molecule has 0 unspecified atom stereocenters. The maximum atomic E-state index is 10.6. The highest BCUT2D eigenvalue weighted by molar-refractivity contribution is 7.11.